The van der Waals surface area contributed by atoms with Gasteiger partial charge in [-0.15, -0.1) is 0 Å². The smallest absolute Gasteiger partial charge is 0.304 e. The van der Waals surface area contributed by atoms with E-state index in [1.165, 1.54) is 0 Å². The minimum atomic E-state index is -0.839. The Morgan fingerprint density at radius 3 is 2.62 bits per heavy atom. The molecule has 0 aromatic heterocycles. The Labute approximate surface area is 104 Å². The van der Waals surface area contributed by atoms with E-state index in [4.69, 9.17) is 28.3 Å². The van der Waals surface area contributed by atoms with Gasteiger partial charge in [0, 0.05) is 5.92 Å². The summed E-state index contributed by atoms with van der Waals surface area (Å²) in [4.78, 5) is 10.7. The van der Waals surface area contributed by atoms with E-state index < -0.39 is 5.97 Å². The number of aliphatic carboxylic acids is 1. The number of hydrogen-bond donors (Lipinski definition) is 1. The van der Waals surface area contributed by atoms with E-state index in [0.29, 0.717) is 10.0 Å². The predicted octanol–water partition coefficient (Wildman–Crippen LogP) is 4.13. The van der Waals surface area contributed by atoms with Crippen LogP contribution >= 0.6 is 23.2 Å². The Balaban J connectivity index is 3.01. The first-order valence-electron chi connectivity index (χ1n) is 4.84. The molecule has 0 saturated carbocycles. The van der Waals surface area contributed by atoms with Crippen LogP contribution in [0.15, 0.2) is 30.4 Å². The summed E-state index contributed by atoms with van der Waals surface area (Å²) in [6.07, 6.45) is 3.71. The fourth-order valence-corrected chi connectivity index (χ4v) is 1.77. The van der Waals surface area contributed by atoms with E-state index in [0.717, 1.165) is 5.56 Å². The molecule has 0 aliphatic heterocycles. The molecule has 16 heavy (non-hydrogen) atoms. The van der Waals surface area contributed by atoms with Crippen LogP contribution in [0, 0.1) is 0 Å². The number of benzene rings is 1. The van der Waals surface area contributed by atoms with Gasteiger partial charge in [0.15, 0.2) is 0 Å². The van der Waals surface area contributed by atoms with Crippen molar-refractivity contribution < 1.29 is 9.90 Å². The van der Waals surface area contributed by atoms with Crippen LogP contribution in [0.25, 0.3) is 0 Å². The summed E-state index contributed by atoms with van der Waals surface area (Å²) in [7, 11) is 0. The van der Waals surface area contributed by atoms with Crippen LogP contribution in [-0.4, -0.2) is 11.1 Å². The van der Waals surface area contributed by atoms with Gasteiger partial charge < -0.3 is 5.11 Å². The number of allylic oxidation sites excluding steroid dienone is 2. The maximum Gasteiger partial charge on any atom is 0.304 e. The summed E-state index contributed by atoms with van der Waals surface area (Å²) in [6.45, 7) is 1.85. The molecule has 0 amide bonds. The van der Waals surface area contributed by atoms with E-state index in [1.54, 1.807) is 18.2 Å². The lowest BCUT2D eigenvalue weighted by molar-refractivity contribution is -0.137. The normalized spacial score (nSPS) is 12.9. The summed E-state index contributed by atoms with van der Waals surface area (Å²) in [6, 6.07) is 5.18. The largest absolute Gasteiger partial charge is 0.481 e. The molecule has 4 heteroatoms. The molecule has 0 heterocycles. The maximum atomic E-state index is 10.7. The third-order valence-electron chi connectivity index (χ3n) is 2.19. The second kappa shape index (κ2) is 5.92. The topological polar surface area (TPSA) is 37.3 Å². The zero-order valence-electron chi connectivity index (χ0n) is 8.78. The minimum Gasteiger partial charge on any atom is -0.481 e. The van der Waals surface area contributed by atoms with Crippen molar-refractivity contribution in [3.8, 4) is 0 Å². The van der Waals surface area contributed by atoms with E-state index in [2.05, 4.69) is 0 Å². The van der Waals surface area contributed by atoms with Gasteiger partial charge in [-0.25, -0.2) is 0 Å². The number of rotatable bonds is 4. The van der Waals surface area contributed by atoms with Gasteiger partial charge in [-0.2, -0.15) is 0 Å². The Bertz CT molecular complexity index is 413. The molecule has 0 aliphatic carbocycles. The molecule has 0 bridgehead atoms. The second-order valence-corrected chi connectivity index (χ2v) is 4.22. The Kier molecular flexibility index (Phi) is 4.84. The van der Waals surface area contributed by atoms with Crippen molar-refractivity contribution in [1.82, 2.24) is 0 Å². The van der Waals surface area contributed by atoms with Gasteiger partial charge in [0.1, 0.15) is 0 Å². The van der Waals surface area contributed by atoms with Gasteiger partial charge in [0.05, 0.1) is 16.5 Å². The van der Waals surface area contributed by atoms with Crippen LogP contribution < -0.4 is 0 Å². The number of carboxylic acid groups (broad SMARTS) is 1. The van der Waals surface area contributed by atoms with Gasteiger partial charge in [-0.3, -0.25) is 4.79 Å². The zero-order chi connectivity index (χ0) is 12.1. The summed E-state index contributed by atoms with van der Waals surface area (Å²) < 4.78 is 0. The minimum absolute atomic E-state index is 0.0439. The molecule has 0 saturated heterocycles. The lowest BCUT2D eigenvalue weighted by Gasteiger charge is -2.11. The predicted molar refractivity (Wildman–Crippen MR) is 66.3 cm³/mol. The summed E-state index contributed by atoms with van der Waals surface area (Å²) in [5.41, 5.74) is 0.856. The van der Waals surface area contributed by atoms with Crippen molar-refractivity contribution in [2.24, 2.45) is 0 Å². The molecule has 1 atom stereocenters. The lowest BCUT2D eigenvalue weighted by atomic mass is 9.95. The highest BCUT2D eigenvalue weighted by Crippen LogP contribution is 2.28. The molecule has 1 unspecified atom stereocenters. The van der Waals surface area contributed by atoms with E-state index in [9.17, 15) is 4.79 Å². The molecule has 0 aliphatic rings. The Hall–Kier alpha value is -0.990. The molecular formula is C12H12Cl2O2. The van der Waals surface area contributed by atoms with Crippen LogP contribution in [-0.2, 0) is 4.79 Å². The standard InChI is InChI=1S/C12H12Cl2O2/c1-2-3-8(7-12(15)16)9-4-5-10(13)11(14)6-9/h2-6,8H,7H2,1H3,(H,15,16)/b3-2+. The summed E-state index contributed by atoms with van der Waals surface area (Å²) in [5, 5.41) is 9.72. The number of carboxylic acids is 1. The quantitative estimate of drug-likeness (QED) is 0.825. The van der Waals surface area contributed by atoms with E-state index >= 15 is 0 Å². The number of carbonyl (C=O) groups is 1. The average molecular weight is 259 g/mol. The maximum absolute atomic E-state index is 10.7. The van der Waals surface area contributed by atoms with Crippen molar-refractivity contribution in [3.63, 3.8) is 0 Å². The molecule has 0 fully saturated rings. The number of halogens is 2. The van der Waals surface area contributed by atoms with Crippen LogP contribution in [0.2, 0.25) is 10.0 Å². The highest BCUT2D eigenvalue weighted by Gasteiger charge is 2.13. The van der Waals surface area contributed by atoms with Crippen LogP contribution in [0.5, 0.6) is 0 Å². The van der Waals surface area contributed by atoms with Gasteiger partial charge in [-0.1, -0.05) is 41.4 Å². The molecule has 1 rings (SSSR count). The number of hydrogen-bond acceptors (Lipinski definition) is 1. The molecule has 2 nitrogen and oxygen atoms in total. The first-order valence-corrected chi connectivity index (χ1v) is 5.59. The monoisotopic (exact) mass is 258 g/mol. The van der Waals surface area contributed by atoms with Crippen molar-refractivity contribution in [2.75, 3.05) is 0 Å². The third kappa shape index (κ3) is 3.54. The van der Waals surface area contributed by atoms with Gasteiger partial charge in [0.25, 0.3) is 0 Å². The fraction of sp³-hybridized carbons (Fsp3) is 0.250. The first-order chi connectivity index (χ1) is 7.54. The summed E-state index contributed by atoms with van der Waals surface area (Å²) >= 11 is 11.7. The van der Waals surface area contributed by atoms with Crippen molar-refractivity contribution in [3.05, 3.63) is 46.0 Å². The van der Waals surface area contributed by atoms with Crippen molar-refractivity contribution in [2.45, 2.75) is 19.3 Å². The first kappa shape index (κ1) is 13.1. The SMILES string of the molecule is C/C=C/C(CC(=O)O)c1ccc(Cl)c(Cl)c1. The van der Waals surface area contributed by atoms with Crippen molar-refractivity contribution >= 4 is 29.2 Å². The van der Waals surface area contributed by atoms with Gasteiger partial charge >= 0.3 is 5.97 Å². The molecule has 86 valence electrons. The molecule has 0 radical (unpaired) electrons. The zero-order valence-corrected chi connectivity index (χ0v) is 10.3. The van der Waals surface area contributed by atoms with E-state index in [1.807, 2.05) is 19.1 Å². The Morgan fingerprint density at radius 1 is 1.44 bits per heavy atom. The van der Waals surface area contributed by atoms with Crippen molar-refractivity contribution in [1.29, 1.82) is 0 Å². The average Bonchev–Trinajstić information content (AvgIpc) is 2.21. The van der Waals surface area contributed by atoms with Crippen LogP contribution in [0.4, 0.5) is 0 Å². The lowest BCUT2D eigenvalue weighted by Crippen LogP contribution is -2.04. The molecule has 0 spiro atoms. The van der Waals surface area contributed by atoms with Crippen LogP contribution in [0.1, 0.15) is 24.8 Å². The highest BCUT2D eigenvalue weighted by molar-refractivity contribution is 6.42. The highest BCUT2D eigenvalue weighted by atomic mass is 35.5. The second-order valence-electron chi connectivity index (χ2n) is 3.40. The Morgan fingerprint density at radius 2 is 2.12 bits per heavy atom. The molecule has 1 aromatic carbocycles. The molecular weight excluding hydrogens is 247 g/mol. The summed E-state index contributed by atoms with van der Waals surface area (Å²) in [5.74, 6) is -1.01. The third-order valence-corrected chi connectivity index (χ3v) is 2.93. The van der Waals surface area contributed by atoms with Gasteiger partial charge in [-0.05, 0) is 24.6 Å². The van der Waals surface area contributed by atoms with Gasteiger partial charge in [0.2, 0.25) is 0 Å². The fourth-order valence-electron chi connectivity index (χ4n) is 1.46. The molecule has 1 N–H and O–H groups in total. The van der Waals surface area contributed by atoms with Crippen LogP contribution in [0.3, 0.4) is 0 Å². The van der Waals surface area contributed by atoms with E-state index in [-0.39, 0.29) is 12.3 Å². The molecule has 1 aromatic rings.